The monoisotopic (exact) mass is 286 g/mol. The molecular weight excluding hydrogens is 276 g/mol. The van der Waals surface area contributed by atoms with Gasteiger partial charge in [-0.05, 0) is 6.92 Å². The van der Waals surface area contributed by atoms with E-state index in [1.165, 1.54) is 5.51 Å². The zero-order valence-electron chi connectivity index (χ0n) is 9.25. The standard InChI is InChI=1S/C9H10F4N2O2S/c1-2-17-7(16)5-6(18-4-15-5)14-3-9(12,13)8(10)11/h4,8,14H,2-3H2,1H3. The van der Waals surface area contributed by atoms with E-state index in [-0.39, 0.29) is 17.3 Å². The van der Waals surface area contributed by atoms with Crippen molar-refractivity contribution < 1.29 is 27.1 Å². The summed E-state index contributed by atoms with van der Waals surface area (Å²) in [6.45, 7) is 0.393. The molecule has 0 unspecified atom stereocenters. The summed E-state index contributed by atoms with van der Waals surface area (Å²) in [7, 11) is 0. The molecule has 0 saturated heterocycles. The maximum absolute atomic E-state index is 12.7. The van der Waals surface area contributed by atoms with Crippen LogP contribution < -0.4 is 5.32 Å². The van der Waals surface area contributed by atoms with Gasteiger partial charge in [0, 0.05) is 0 Å². The van der Waals surface area contributed by atoms with Crippen LogP contribution in [0.25, 0.3) is 0 Å². The number of rotatable bonds is 6. The van der Waals surface area contributed by atoms with Crippen molar-refractivity contribution >= 4 is 22.3 Å². The van der Waals surface area contributed by atoms with Gasteiger partial charge in [-0.15, -0.1) is 11.3 Å². The molecule has 0 saturated carbocycles. The molecule has 1 aromatic heterocycles. The lowest BCUT2D eigenvalue weighted by Gasteiger charge is -2.15. The Morgan fingerprint density at radius 1 is 1.61 bits per heavy atom. The highest BCUT2D eigenvalue weighted by Crippen LogP contribution is 2.26. The molecule has 0 aliphatic rings. The van der Waals surface area contributed by atoms with Crippen molar-refractivity contribution in [2.45, 2.75) is 19.3 Å². The van der Waals surface area contributed by atoms with Crippen LogP contribution in [0, 0.1) is 0 Å². The Balaban J connectivity index is 2.69. The van der Waals surface area contributed by atoms with Gasteiger partial charge in [0.15, 0.2) is 5.69 Å². The number of thiazole rings is 1. The molecule has 0 amide bonds. The highest BCUT2D eigenvalue weighted by Gasteiger charge is 2.40. The summed E-state index contributed by atoms with van der Waals surface area (Å²) in [5.74, 6) is -4.96. The number of carbonyl (C=O) groups is 1. The van der Waals surface area contributed by atoms with Crippen molar-refractivity contribution in [3.63, 3.8) is 0 Å². The third kappa shape index (κ3) is 3.56. The fraction of sp³-hybridized carbons (Fsp3) is 0.556. The predicted molar refractivity (Wildman–Crippen MR) is 57.5 cm³/mol. The maximum Gasteiger partial charge on any atom is 0.360 e. The first kappa shape index (κ1) is 14.7. The first-order chi connectivity index (χ1) is 8.38. The molecule has 0 bridgehead atoms. The molecule has 1 aromatic rings. The Kier molecular flexibility index (Phi) is 4.88. The van der Waals surface area contributed by atoms with Crippen LogP contribution in [-0.4, -0.2) is 36.5 Å². The lowest BCUT2D eigenvalue weighted by atomic mass is 10.3. The molecule has 1 heterocycles. The van der Waals surface area contributed by atoms with Crippen LogP contribution in [0.1, 0.15) is 17.4 Å². The van der Waals surface area contributed by atoms with Gasteiger partial charge >= 0.3 is 18.3 Å². The van der Waals surface area contributed by atoms with Gasteiger partial charge in [0.1, 0.15) is 5.00 Å². The number of carbonyl (C=O) groups excluding carboxylic acids is 1. The van der Waals surface area contributed by atoms with Gasteiger partial charge in [0.25, 0.3) is 0 Å². The van der Waals surface area contributed by atoms with Gasteiger partial charge in [-0.3, -0.25) is 0 Å². The number of halogens is 4. The normalized spacial score (nSPS) is 11.7. The van der Waals surface area contributed by atoms with Crippen LogP contribution >= 0.6 is 11.3 Å². The number of aromatic nitrogens is 1. The molecule has 0 radical (unpaired) electrons. The Hall–Kier alpha value is -1.38. The average Bonchev–Trinajstić information content (AvgIpc) is 2.74. The van der Waals surface area contributed by atoms with Crippen molar-refractivity contribution in [3.05, 3.63) is 11.2 Å². The quantitative estimate of drug-likeness (QED) is 0.645. The Bertz CT molecular complexity index is 411. The van der Waals surface area contributed by atoms with Crippen LogP contribution in [0.3, 0.4) is 0 Å². The Morgan fingerprint density at radius 3 is 2.83 bits per heavy atom. The topological polar surface area (TPSA) is 51.2 Å². The minimum Gasteiger partial charge on any atom is -0.461 e. The van der Waals surface area contributed by atoms with E-state index in [0.29, 0.717) is 0 Å². The minimum absolute atomic E-state index is 0.0197. The van der Waals surface area contributed by atoms with Gasteiger partial charge < -0.3 is 10.1 Å². The molecule has 0 aromatic carbocycles. The summed E-state index contributed by atoms with van der Waals surface area (Å²) in [5.41, 5.74) is 1.04. The van der Waals surface area contributed by atoms with Crippen molar-refractivity contribution in [2.24, 2.45) is 0 Å². The minimum atomic E-state index is -4.17. The average molecular weight is 286 g/mol. The lowest BCUT2D eigenvalue weighted by Crippen LogP contribution is -2.35. The smallest absolute Gasteiger partial charge is 0.360 e. The van der Waals surface area contributed by atoms with E-state index in [9.17, 15) is 22.4 Å². The number of anilines is 1. The zero-order chi connectivity index (χ0) is 13.8. The van der Waals surface area contributed by atoms with E-state index < -0.39 is 24.9 Å². The number of alkyl halides is 4. The van der Waals surface area contributed by atoms with Gasteiger partial charge in [0.2, 0.25) is 0 Å². The summed E-state index contributed by atoms with van der Waals surface area (Å²) in [4.78, 5) is 15.0. The molecule has 102 valence electrons. The van der Waals surface area contributed by atoms with Gasteiger partial charge in [-0.25, -0.2) is 18.6 Å². The summed E-state index contributed by atoms with van der Waals surface area (Å²) in [6.07, 6.45) is -3.77. The molecule has 18 heavy (non-hydrogen) atoms. The lowest BCUT2D eigenvalue weighted by molar-refractivity contribution is -0.117. The van der Waals surface area contributed by atoms with Crippen molar-refractivity contribution in [1.82, 2.24) is 4.98 Å². The van der Waals surface area contributed by atoms with Crippen LogP contribution in [0.15, 0.2) is 5.51 Å². The summed E-state index contributed by atoms with van der Waals surface area (Å²) < 4.78 is 53.8. The van der Waals surface area contributed by atoms with Crippen LogP contribution in [0.5, 0.6) is 0 Å². The Labute approximate surface area is 104 Å². The molecule has 4 nitrogen and oxygen atoms in total. The summed E-state index contributed by atoms with van der Waals surface area (Å²) in [6, 6.07) is 0. The van der Waals surface area contributed by atoms with Crippen molar-refractivity contribution in [3.8, 4) is 0 Å². The van der Waals surface area contributed by atoms with E-state index in [0.717, 1.165) is 11.3 Å². The van der Waals surface area contributed by atoms with E-state index in [1.54, 1.807) is 6.92 Å². The highest BCUT2D eigenvalue weighted by atomic mass is 32.1. The van der Waals surface area contributed by atoms with E-state index in [4.69, 9.17) is 0 Å². The first-order valence-electron chi connectivity index (χ1n) is 4.89. The van der Waals surface area contributed by atoms with Gasteiger partial charge in [0.05, 0.1) is 18.7 Å². The molecule has 1 N–H and O–H groups in total. The first-order valence-corrected chi connectivity index (χ1v) is 5.77. The second-order valence-corrected chi connectivity index (χ2v) is 4.02. The number of nitrogens with zero attached hydrogens (tertiary/aromatic N) is 1. The highest BCUT2D eigenvalue weighted by molar-refractivity contribution is 7.14. The van der Waals surface area contributed by atoms with Crippen molar-refractivity contribution in [1.29, 1.82) is 0 Å². The second-order valence-electron chi connectivity index (χ2n) is 3.17. The fourth-order valence-corrected chi connectivity index (χ4v) is 1.66. The molecule has 9 heteroatoms. The van der Waals surface area contributed by atoms with E-state index >= 15 is 0 Å². The second kappa shape index (κ2) is 5.98. The molecule has 0 atom stereocenters. The molecule has 0 aliphatic carbocycles. The molecule has 0 spiro atoms. The SMILES string of the molecule is CCOC(=O)c1ncsc1NCC(F)(F)C(F)F. The van der Waals surface area contributed by atoms with Crippen molar-refractivity contribution in [2.75, 3.05) is 18.5 Å². The number of nitrogens with one attached hydrogen (secondary N) is 1. The Morgan fingerprint density at radius 2 is 2.28 bits per heavy atom. The maximum atomic E-state index is 12.7. The number of ether oxygens (including phenoxy) is 1. The van der Waals surface area contributed by atoms with E-state index in [1.807, 2.05) is 0 Å². The molecule has 0 fully saturated rings. The van der Waals surface area contributed by atoms with Crippen LogP contribution in [-0.2, 0) is 4.74 Å². The molecule has 0 aliphatic heterocycles. The number of esters is 1. The van der Waals surface area contributed by atoms with Crippen LogP contribution in [0.2, 0.25) is 0 Å². The summed E-state index contributed by atoms with van der Waals surface area (Å²) in [5, 5.41) is 2.06. The summed E-state index contributed by atoms with van der Waals surface area (Å²) >= 11 is 0.855. The van der Waals surface area contributed by atoms with Crippen LogP contribution in [0.4, 0.5) is 22.6 Å². The largest absolute Gasteiger partial charge is 0.461 e. The predicted octanol–water partition coefficient (Wildman–Crippen LogP) is 2.63. The fourth-order valence-electron chi connectivity index (χ4n) is 0.992. The number of hydrogen-bond donors (Lipinski definition) is 1. The molecular formula is C9H10F4N2O2S. The zero-order valence-corrected chi connectivity index (χ0v) is 10.1. The third-order valence-electron chi connectivity index (χ3n) is 1.84. The number of hydrogen-bond acceptors (Lipinski definition) is 5. The van der Waals surface area contributed by atoms with Gasteiger partial charge in [-0.1, -0.05) is 0 Å². The van der Waals surface area contributed by atoms with Gasteiger partial charge in [-0.2, -0.15) is 8.78 Å². The molecule has 1 rings (SSSR count). The van der Waals surface area contributed by atoms with E-state index in [2.05, 4.69) is 15.0 Å². The third-order valence-corrected chi connectivity index (χ3v) is 2.62.